The Morgan fingerprint density at radius 2 is 0.811 bits per heavy atom. The lowest BCUT2D eigenvalue weighted by atomic mass is 10.0. The van der Waals surface area contributed by atoms with E-state index in [0.717, 1.165) is 96.3 Å². The quantitative estimate of drug-likeness (QED) is 0.0243. The molecule has 3 unspecified atom stereocenters. The SMILES string of the molecule is CC/C=C\C/C=C\C/C=C\C/C=C\C/C=C\C/C=C\C/C=C\C/C=C\C/C=C\CCCCCCCCCCCCCC(=O)NC(COP(=O)(O)OCC[N+](C)(C)C)C(O)/C=C/CCCCCCCCCCCCC. The molecule has 3 atom stereocenters. The number of carbonyl (C=O) groups is 1. The predicted molar refractivity (Wildman–Crippen MR) is 322 cm³/mol. The number of nitrogens with one attached hydrogen (secondary N) is 1. The fourth-order valence-electron chi connectivity index (χ4n) is 8.03. The van der Waals surface area contributed by atoms with Crippen LogP contribution in [0, 0.1) is 0 Å². The molecule has 0 bridgehead atoms. The van der Waals surface area contributed by atoms with E-state index in [2.05, 4.69) is 129 Å². The van der Waals surface area contributed by atoms with Crippen LogP contribution in [-0.4, -0.2) is 73.4 Å². The fourth-order valence-corrected chi connectivity index (χ4v) is 8.77. The number of nitrogens with zero attached hydrogens (tertiary/aromatic N) is 1. The molecule has 8 nitrogen and oxygen atoms in total. The van der Waals surface area contributed by atoms with Crippen LogP contribution in [0.1, 0.15) is 232 Å². The largest absolute Gasteiger partial charge is 0.472 e. The summed E-state index contributed by atoms with van der Waals surface area (Å²) in [5, 5.41) is 13.9. The van der Waals surface area contributed by atoms with Gasteiger partial charge < -0.3 is 19.8 Å². The van der Waals surface area contributed by atoms with Gasteiger partial charge in [0.1, 0.15) is 13.2 Å². The van der Waals surface area contributed by atoms with E-state index in [-0.39, 0.29) is 19.1 Å². The Bertz CT molecular complexity index is 1620. The highest BCUT2D eigenvalue weighted by atomic mass is 31.2. The van der Waals surface area contributed by atoms with Crippen LogP contribution in [-0.2, 0) is 18.4 Å². The van der Waals surface area contributed by atoms with Gasteiger partial charge in [-0.15, -0.1) is 0 Å². The number of unbranched alkanes of at least 4 members (excludes halogenated alkanes) is 22. The number of phosphoric ester groups is 1. The number of likely N-dealkylation sites (N-methyl/N-ethyl adjacent to an activating group) is 1. The molecule has 0 aromatic heterocycles. The van der Waals surface area contributed by atoms with Crippen LogP contribution in [0.5, 0.6) is 0 Å². The van der Waals surface area contributed by atoms with Gasteiger partial charge >= 0.3 is 7.82 Å². The van der Waals surface area contributed by atoms with Crippen molar-refractivity contribution in [2.75, 3.05) is 40.9 Å². The first-order valence-corrected chi connectivity index (χ1v) is 31.4. The summed E-state index contributed by atoms with van der Waals surface area (Å²) in [4.78, 5) is 23.3. The van der Waals surface area contributed by atoms with Gasteiger partial charge in [0, 0.05) is 6.42 Å². The Balaban J connectivity index is 4.08. The lowest BCUT2D eigenvalue weighted by molar-refractivity contribution is -0.870. The normalized spacial score (nSPS) is 14.7. The first-order chi connectivity index (χ1) is 36.0. The highest BCUT2D eigenvalue weighted by Crippen LogP contribution is 2.43. The first-order valence-electron chi connectivity index (χ1n) is 29.9. The van der Waals surface area contributed by atoms with Crippen LogP contribution >= 0.6 is 7.82 Å². The Morgan fingerprint density at radius 3 is 1.19 bits per heavy atom. The third kappa shape index (κ3) is 56.6. The molecule has 9 heteroatoms. The van der Waals surface area contributed by atoms with E-state index in [1.54, 1.807) is 6.08 Å². The number of hydrogen-bond acceptors (Lipinski definition) is 5. The number of carbonyl (C=O) groups excluding carboxylic acids is 1. The number of aliphatic hydroxyl groups is 1. The van der Waals surface area contributed by atoms with Crippen molar-refractivity contribution in [2.24, 2.45) is 0 Å². The summed E-state index contributed by atoms with van der Waals surface area (Å²) >= 11 is 0. The average Bonchev–Trinajstić information content (AvgIpc) is 3.36. The van der Waals surface area contributed by atoms with Crippen molar-refractivity contribution in [1.29, 1.82) is 0 Å². The number of aliphatic hydroxyl groups excluding tert-OH is 1. The summed E-state index contributed by atoms with van der Waals surface area (Å²) < 4.78 is 23.7. The number of amides is 1. The minimum absolute atomic E-state index is 0.0561. The van der Waals surface area contributed by atoms with E-state index in [9.17, 15) is 19.4 Å². The fraction of sp³-hybridized carbons (Fsp3) is 0.677. The molecule has 74 heavy (non-hydrogen) atoms. The summed E-state index contributed by atoms with van der Waals surface area (Å²) in [5.41, 5.74) is 0. The molecular weight excluding hydrogens is 936 g/mol. The molecule has 0 radical (unpaired) electrons. The zero-order chi connectivity index (χ0) is 54.2. The second kappa shape index (κ2) is 54.7. The van der Waals surface area contributed by atoms with Crippen LogP contribution in [0.2, 0.25) is 0 Å². The van der Waals surface area contributed by atoms with E-state index in [4.69, 9.17) is 9.05 Å². The van der Waals surface area contributed by atoms with Crippen LogP contribution < -0.4 is 5.32 Å². The van der Waals surface area contributed by atoms with Crippen molar-refractivity contribution >= 4 is 13.7 Å². The maximum atomic E-state index is 13.0. The topological polar surface area (TPSA) is 105 Å². The molecule has 0 aromatic rings. The average molecular weight is 1050 g/mol. The molecule has 1 amide bonds. The molecular formula is C65H114N2O6P+. The van der Waals surface area contributed by atoms with Crippen molar-refractivity contribution in [3.05, 3.63) is 122 Å². The monoisotopic (exact) mass is 1050 g/mol. The highest BCUT2D eigenvalue weighted by molar-refractivity contribution is 7.47. The summed E-state index contributed by atoms with van der Waals surface area (Å²) in [6, 6.07) is -0.855. The molecule has 0 fully saturated rings. The number of phosphoric acid groups is 1. The molecule has 0 saturated heterocycles. The molecule has 0 aliphatic rings. The van der Waals surface area contributed by atoms with Gasteiger partial charge in [-0.25, -0.2) is 4.57 Å². The van der Waals surface area contributed by atoms with Crippen molar-refractivity contribution in [2.45, 2.75) is 244 Å². The molecule has 424 valence electrons. The van der Waals surface area contributed by atoms with Crippen molar-refractivity contribution in [3.8, 4) is 0 Å². The standard InChI is InChI=1S/C65H113N2O6P/c1-6-8-10-12-14-16-18-20-21-22-23-24-25-26-27-28-29-30-31-32-33-34-35-36-37-38-39-40-41-42-43-44-45-47-49-51-53-55-57-59-65(69)66-63(62-73-74(70,71)72-61-60-67(3,4)5)64(68)58-56-54-52-50-48-46-19-17-15-13-11-9-7-2/h8,10,14,16,20-21,23-24,26-27,29-30,32-33,35-36,38-39,56,58,63-64,68H,6-7,9,11-13,15,17-19,22,25,28,31,34,37,40-55,57,59-62H2,1-5H3,(H-,66,69,70,71)/p+1/b10-8-,16-14-,21-20-,24-23-,27-26-,30-29-,33-32-,36-35-,39-38-,58-56+. The Hall–Kier alpha value is -3.10. The van der Waals surface area contributed by atoms with Gasteiger partial charge in [0.15, 0.2) is 0 Å². The summed E-state index contributed by atoms with van der Waals surface area (Å²) in [5.74, 6) is -0.185. The molecule has 0 rings (SSSR count). The van der Waals surface area contributed by atoms with Crippen molar-refractivity contribution in [3.63, 3.8) is 0 Å². The molecule has 0 saturated carbocycles. The smallest absolute Gasteiger partial charge is 0.387 e. The lowest BCUT2D eigenvalue weighted by Gasteiger charge is -2.25. The Kier molecular flexibility index (Phi) is 52.4. The number of hydrogen-bond donors (Lipinski definition) is 3. The molecule has 0 aliphatic carbocycles. The third-order valence-electron chi connectivity index (χ3n) is 12.7. The maximum Gasteiger partial charge on any atom is 0.472 e. The molecule has 0 spiro atoms. The van der Waals surface area contributed by atoms with E-state index in [0.29, 0.717) is 17.4 Å². The van der Waals surface area contributed by atoms with Gasteiger partial charge in [0.2, 0.25) is 5.91 Å². The van der Waals surface area contributed by atoms with E-state index >= 15 is 0 Å². The van der Waals surface area contributed by atoms with E-state index in [1.807, 2.05) is 27.2 Å². The Labute approximate surface area is 456 Å². The van der Waals surface area contributed by atoms with Gasteiger partial charge in [-0.2, -0.15) is 0 Å². The molecule has 0 aromatic carbocycles. The van der Waals surface area contributed by atoms with Crippen LogP contribution in [0.25, 0.3) is 0 Å². The zero-order valence-corrected chi connectivity index (χ0v) is 49.2. The summed E-state index contributed by atoms with van der Waals surface area (Å²) in [6.45, 7) is 4.68. The first kappa shape index (κ1) is 70.9. The maximum absolute atomic E-state index is 13.0. The summed E-state index contributed by atoms with van der Waals surface area (Å²) in [6.07, 6.45) is 81.6. The number of allylic oxidation sites excluding steroid dienone is 19. The van der Waals surface area contributed by atoms with E-state index in [1.165, 1.54) is 116 Å². The summed E-state index contributed by atoms with van der Waals surface area (Å²) in [7, 11) is 1.56. The van der Waals surface area contributed by atoms with Crippen LogP contribution in [0.3, 0.4) is 0 Å². The number of rotatable bonds is 53. The van der Waals surface area contributed by atoms with Crippen LogP contribution in [0.15, 0.2) is 122 Å². The second-order valence-corrected chi connectivity index (χ2v) is 22.4. The molecule has 0 aliphatic heterocycles. The molecule has 3 N–H and O–H groups in total. The Morgan fingerprint density at radius 1 is 0.473 bits per heavy atom. The van der Waals surface area contributed by atoms with Gasteiger partial charge in [-0.3, -0.25) is 13.8 Å². The van der Waals surface area contributed by atoms with Crippen LogP contribution in [0.4, 0.5) is 0 Å². The van der Waals surface area contributed by atoms with Gasteiger partial charge in [-0.1, -0.05) is 257 Å². The van der Waals surface area contributed by atoms with E-state index < -0.39 is 20.0 Å². The minimum atomic E-state index is -4.35. The number of quaternary nitrogens is 1. The van der Waals surface area contributed by atoms with Crippen molar-refractivity contribution in [1.82, 2.24) is 5.32 Å². The third-order valence-corrected chi connectivity index (χ3v) is 13.7. The zero-order valence-electron chi connectivity index (χ0n) is 48.3. The highest BCUT2D eigenvalue weighted by Gasteiger charge is 2.27. The van der Waals surface area contributed by atoms with Gasteiger partial charge in [0.05, 0.1) is 39.9 Å². The van der Waals surface area contributed by atoms with Crippen molar-refractivity contribution < 1.29 is 32.9 Å². The lowest BCUT2D eigenvalue weighted by Crippen LogP contribution is -2.45. The minimum Gasteiger partial charge on any atom is -0.387 e. The van der Waals surface area contributed by atoms with Gasteiger partial charge in [0.25, 0.3) is 0 Å². The molecule has 0 heterocycles. The van der Waals surface area contributed by atoms with Gasteiger partial charge in [-0.05, 0) is 89.9 Å². The second-order valence-electron chi connectivity index (χ2n) is 21.0. The predicted octanol–water partition coefficient (Wildman–Crippen LogP) is 18.5.